The van der Waals surface area contributed by atoms with E-state index in [1.54, 1.807) is 0 Å². The molecule has 0 radical (unpaired) electrons. The zero-order chi connectivity index (χ0) is 22.1. The number of oxazole rings is 1. The topological polar surface area (TPSA) is 104 Å². The first-order valence-corrected chi connectivity index (χ1v) is 11.2. The first kappa shape index (κ1) is 23.0. The van der Waals surface area contributed by atoms with Gasteiger partial charge in [-0.2, -0.15) is 0 Å². The van der Waals surface area contributed by atoms with Crippen molar-refractivity contribution in [2.45, 2.75) is 69.9 Å². The lowest BCUT2D eigenvalue weighted by Crippen LogP contribution is -2.46. The minimum absolute atomic E-state index is 0.00333. The summed E-state index contributed by atoms with van der Waals surface area (Å²) in [4.78, 5) is 28.5. The van der Waals surface area contributed by atoms with Crippen molar-refractivity contribution in [1.29, 1.82) is 0 Å². The average molecular weight is 428 g/mol. The van der Waals surface area contributed by atoms with Crippen molar-refractivity contribution in [1.82, 2.24) is 15.6 Å². The molecule has 0 saturated heterocycles. The summed E-state index contributed by atoms with van der Waals surface area (Å²) in [5.41, 5.74) is -0.328. The molecule has 7 heteroatoms. The molecule has 1 aromatic carbocycles. The van der Waals surface area contributed by atoms with Gasteiger partial charge in [0.25, 0.3) is 0 Å². The molecule has 1 fully saturated rings. The van der Waals surface area contributed by atoms with E-state index in [0.717, 1.165) is 31.2 Å². The molecule has 0 spiro atoms. The van der Waals surface area contributed by atoms with Crippen molar-refractivity contribution in [2.24, 2.45) is 5.92 Å². The monoisotopic (exact) mass is 427 g/mol. The third kappa shape index (κ3) is 6.92. The Bertz CT molecular complexity index is 819. The van der Waals surface area contributed by atoms with Crippen LogP contribution in [-0.4, -0.2) is 34.5 Å². The molecule has 1 aromatic heterocycles. The number of hydrogen-bond acceptors (Lipinski definition) is 5. The van der Waals surface area contributed by atoms with Crippen LogP contribution in [0.1, 0.15) is 63.3 Å². The van der Waals surface area contributed by atoms with E-state index < -0.39 is 5.60 Å². The van der Waals surface area contributed by atoms with Crippen molar-refractivity contribution >= 4 is 11.8 Å². The van der Waals surface area contributed by atoms with Crippen LogP contribution in [0.15, 0.2) is 47.2 Å². The third-order valence-corrected chi connectivity index (χ3v) is 6.09. The Morgan fingerprint density at radius 2 is 1.97 bits per heavy atom. The summed E-state index contributed by atoms with van der Waals surface area (Å²) in [5, 5.41) is 17.1. The highest BCUT2D eigenvalue weighted by atomic mass is 16.4. The molecular weight excluding hydrogens is 394 g/mol. The molecule has 1 saturated carbocycles. The molecule has 0 aliphatic heterocycles. The molecule has 31 heavy (non-hydrogen) atoms. The van der Waals surface area contributed by atoms with Gasteiger partial charge in [0.15, 0.2) is 5.60 Å². The molecule has 2 unspecified atom stereocenters. The number of hydrogen-bond donors (Lipinski definition) is 3. The summed E-state index contributed by atoms with van der Waals surface area (Å²) in [6.07, 6.45) is 9.59. The molecule has 3 rings (SSSR count). The Balaban J connectivity index is 1.61. The maximum Gasteiger partial charge on any atom is 0.227 e. The highest BCUT2D eigenvalue weighted by molar-refractivity contribution is 5.78. The highest BCUT2D eigenvalue weighted by Gasteiger charge is 2.35. The molecule has 2 amide bonds. The normalized spacial score (nSPS) is 17.5. The van der Waals surface area contributed by atoms with Crippen molar-refractivity contribution in [2.75, 3.05) is 6.54 Å². The van der Waals surface area contributed by atoms with Gasteiger partial charge in [-0.1, -0.05) is 49.6 Å². The number of aliphatic hydroxyl groups is 1. The molecular formula is C24H33N3O4. The van der Waals surface area contributed by atoms with Crippen LogP contribution >= 0.6 is 0 Å². The van der Waals surface area contributed by atoms with E-state index in [9.17, 15) is 14.7 Å². The van der Waals surface area contributed by atoms with E-state index in [2.05, 4.69) is 15.6 Å². The Labute approximate surface area is 183 Å². The average Bonchev–Trinajstić information content (AvgIpc) is 3.33. The summed E-state index contributed by atoms with van der Waals surface area (Å²) in [5.74, 6) is 0.179. The van der Waals surface area contributed by atoms with E-state index >= 15 is 0 Å². The molecule has 3 N–H and O–H groups in total. The van der Waals surface area contributed by atoms with Crippen LogP contribution in [-0.2, 0) is 21.6 Å². The fraction of sp³-hybridized carbons (Fsp3) is 0.542. The zero-order valence-electron chi connectivity index (χ0n) is 18.2. The van der Waals surface area contributed by atoms with E-state index in [1.165, 1.54) is 25.8 Å². The fourth-order valence-electron chi connectivity index (χ4n) is 4.37. The number of nitrogens with zero attached hydrogens (tertiary/aromatic N) is 1. The van der Waals surface area contributed by atoms with Crippen LogP contribution in [0, 0.1) is 5.92 Å². The van der Waals surface area contributed by atoms with E-state index in [0.29, 0.717) is 18.8 Å². The quantitative estimate of drug-likeness (QED) is 0.540. The van der Waals surface area contributed by atoms with Crippen LogP contribution in [0.5, 0.6) is 0 Å². The predicted octanol–water partition coefficient (Wildman–Crippen LogP) is 3.09. The Morgan fingerprint density at radius 3 is 2.61 bits per heavy atom. The van der Waals surface area contributed by atoms with Crippen molar-refractivity contribution in [3.8, 4) is 0 Å². The highest BCUT2D eigenvalue weighted by Crippen LogP contribution is 2.28. The standard InChI is InChI=1S/C24H33N3O4/c1-18(28)27-21(20-10-6-3-7-11-20)16-22(29)26-17-24(30,23-25-14-15-31-23)13-12-19-8-4-2-5-9-19/h2,4-5,8-9,14-15,20-21,30H,3,6-7,10-13,16-17H2,1H3,(H,26,29)(H,27,28). The molecule has 1 aliphatic carbocycles. The fourth-order valence-corrected chi connectivity index (χ4v) is 4.37. The van der Waals surface area contributed by atoms with Gasteiger partial charge in [0.2, 0.25) is 17.7 Å². The Morgan fingerprint density at radius 1 is 1.23 bits per heavy atom. The van der Waals surface area contributed by atoms with Gasteiger partial charge in [-0.25, -0.2) is 4.98 Å². The summed E-state index contributed by atoms with van der Waals surface area (Å²) < 4.78 is 5.38. The number of amides is 2. The lowest BCUT2D eigenvalue weighted by Gasteiger charge is -2.31. The van der Waals surface area contributed by atoms with Gasteiger partial charge in [0, 0.05) is 19.4 Å². The molecule has 7 nitrogen and oxygen atoms in total. The van der Waals surface area contributed by atoms with Gasteiger partial charge in [0.1, 0.15) is 6.26 Å². The first-order chi connectivity index (χ1) is 15.0. The predicted molar refractivity (Wildman–Crippen MR) is 117 cm³/mol. The van der Waals surface area contributed by atoms with Gasteiger partial charge in [-0.3, -0.25) is 9.59 Å². The summed E-state index contributed by atoms with van der Waals surface area (Å²) >= 11 is 0. The van der Waals surface area contributed by atoms with Gasteiger partial charge in [-0.15, -0.1) is 0 Å². The van der Waals surface area contributed by atoms with Crippen molar-refractivity contribution in [3.63, 3.8) is 0 Å². The number of nitrogens with one attached hydrogen (secondary N) is 2. The smallest absolute Gasteiger partial charge is 0.227 e. The van der Waals surface area contributed by atoms with Crippen molar-refractivity contribution in [3.05, 3.63) is 54.2 Å². The van der Waals surface area contributed by atoms with E-state index in [1.807, 2.05) is 30.3 Å². The minimum atomic E-state index is -1.41. The lowest BCUT2D eigenvalue weighted by molar-refractivity contribution is -0.124. The minimum Gasteiger partial charge on any atom is -0.446 e. The number of aryl methyl sites for hydroxylation is 1. The largest absolute Gasteiger partial charge is 0.446 e. The molecule has 168 valence electrons. The third-order valence-electron chi connectivity index (χ3n) is 6.09. The summed E-state index contributed by atoms with van der Waals surface area (Å²) in [6.45, 7) is 1.48. The Hall–Kier alpha value is -2.67. The van der Waals surface area contributed by atoms with Crippen LogP contribution in [0.3, 0.4) is 0 Å². The number of benzene rings is 1. The Kier molecular flexibility index (Phi) is 8.23. The van der Waals surface area contributed by atoms with Crippen LogP contribution in [0.25, 0.3) is 0 Å². The second kappa shape index (κ2) is 11.1. The molecule has 1 aliphatic rings. The number of carbonyl (C=O) groups is 2. The van der Waals surface area contributed by atoms with Gasteiger partial charge in [-0.05, 0) is 37.2 Å². The summed E-state index contributed by atoms with van der Waals surface area (Å²) in [6, 6.07) is 9.66. The maximum atomic E-state index is 12.7. The second-order valence-corrected chi connectivity index (χ2v) is 8.54. The number of rotatable bonds is 10. The number of carbonyl (C=O) groups excluding carboxylic acids is 2. The van der Waals surface area contributed by atoms with E-state index in [-0.39, 0.29) is 36.7 Å². The van der Waals surface area contributed by atoms with Gasteiger partial charge < -0.3 is 20.2 Å². The van der Waals surface area contributed by atoms with Crippen LogP contribution < -0.4 is 10.6 Å². The molecule has 0 bridgehead atoms. The number of aromatic nitrogens is 1. The first-order valence-electron chi connectivity index (χ1n) is 11.2. The molecule has 1 heterocycles. The van der Waals surface area contributed by atoms with Crippen molar-refractivity contribution < 1.29 is 19.1 Å². The SMILES string of the molecule is CC(=O)NC(CC(=O)NCC(O)(CCc1ccccc1)c1ncco1)C1CCCCC1. The molecule has 2 aromatic rings. The van der Waals surface area contributed by atoms with Crippen LogP contribution in [0.2, 0.25) is 0 Å². The molecule has 2 atom stereocenters. The summed E-state index contributed by atoms with van der Waals surface area (Å²) in [7, 11) is 0. The van der Waals surface area contributed by atoms with Gasteiger partial charge in [0.05, 0.1) is 12.7 Å². The van der Waals surface area contributed by atoms with Crippen LogP contribution in [0.4, 0.5) is 0 Å². The van der Waals surface area contributed by atoms with Gasteiger partial charge >= 0.3 is 0 Å². The van der Waals surface area contributed by atoms with E-state index in [4.69, 9.17) is 4.42 Å². The zero-order valence-corrected chi connectivity index (χ0v) is 18.2. The lowest BCUT2D eigenvalue weighted by atomic mass is 9.82. The maximum absolute atomic E-state index is 12.7. The second-order valence-electron chi connectivity index (χ2n) is 8.54.